The van der Waals surface area contributed by atoms with Crippen molar-refractivity contribution in [3.63, 3.8) is 0 Å². The number of benzene rings is 2. The number of hydrogen-bond donors (Lipinski definition) is 1. The average molecular weight is 516 g/mol. The first-order valence-corrected chi connectivity index (χ1v) is 10.8. The first-order valence-electron chi connectivity index (χ1n) is 10.8. The molecule has 0 spiro atoms. The van der Waals surface area contributed by atoms with Crippen LogP contribution in [-0.4, -0.2) is 34.0 Å². The number of halogens is 7. The highest BCUT2D eigenvalue weighted by Crippen LogP contribution is 2.34. The van der Waals surface area contributed by atoms with Gasteiger partial charge in [-0.15, -0.1) is 0 Å². The van der Waals surface area contributed by atoms with Crippen molar-refractivity contribution in [2.24, 2.45) is 5.92 Å². The molecule has 0 radical (unpaired) electrons. The molecule has 0 atom stereocenters. The van der Waals surface area contributed by atoms with Crippen molar-refractivity contribution in [2.75, 3.05) is 18.4 Å². The third-order valence-electron chi connectivity index (χ3n) is 5.77. The summed E-state index contributed by atoms with van der Waals surface area (Å²) in [5.74, 6) is -2.18. The van der Waals surface area contributed by atoms with Crippen LogP contribution in [-0.2, 0) is 23.7 Å². The fraction of sp³-hybridized carbons (Fsp3) is 0.348. The van der Waals surface area contributed by atoms with Gasteiger partial charge in [0.05, 0.1) is 17.7 Å². The second-order valence-corrected chi connectivity index (χ2v) is 8.33. The van der Waals surface area contributed by atoms with Crippen LogP contribution < -0.4 is 5.32 Å². The number of anilines is 1. The summed E-state index contributed by atoms with van der Waals surface area (Å²) in [6, 6.07) is 6.78. The molecule has 4 rings (SSSR count). The number of hydrogen-bond acceptors (Lipinski definition) is 5. The topological polar surface area (TPSA) is 71.3 Å². The van der Waals surface area contributed by atoms with Crippen LogP contribution in [0.2, 0.25) is 0 Å². The number of rotatable bonds is 5. The molecule has 6 nitrogen and oxygen atoms in total. The molecule has 1 saturated heterocycles. The largest absolute Gasteiger partial charge is 0.419 e. The standard InChI is InChI=1S/C23H19F7N4O2/c24-18-5-4-14(10-17(18)23(28,29)30)21-32-19(33-36-21)12-34-8-6-13(7-9-34)20(35)31-16-3-1-2-15(11-16)22(25,26)27/h1-5,10-11,13H,6-9,12H2,(H,31,35). The van der Waals surface area contributed by atoms with E-state index < -0.39 is 35.2 Å². The molecule has 0 unspecified atom stereocenters. The molecule has 3 aromatic rings. The Balaban J connectivity index is 1.32. The molecule has 1 amide bonds. The van der Waals surface area contributed by atoms with Gasteiger partial charge in [0.2, 0.25) is 5.91 Å². The van der Waals surface area contributed by atoms with Crippen LogP contribution in [0.25, 0.3) is 11.5 Å². The Hall–Kier alpha value is -3.48. The van der Waals surface area contributed by atoms with Crippen LogP contribution in [0.1, 0.15) is 29.8 Å². The van der Waals surface area contributed by atoms with E-state index in [1.165, 1.54) is 12.1 Å². The highest BCUT2D eigenvalue weighted by molar-refractivity contribution is 5.92. The van der Waals surface area contributed by atoms with Crippen LogP contribution in [0.4, 0.5) is 36.4 Å². The van der Waals surface area contributed by atoms with E-state index in [1.54, 1.807) is 0 Å². The lowest BCUT2D eigenvalue weighted by molar-refractivity contribution is -0.140. The Bertz CT molecular complexity index is 1230. The van der Waals surface area contributed by atoms with Gasteiger partial charge in [0.15, 0.2) is 5.82 Å². The normalized spacial score (nSPS) is 15.8. The van der Waals surface area contributed by atoms with Crippen LogP contribution in [0, 0.1) is 11.7 Å². The molecule has 1 aliphatic heterocycles. The minimum Gasteiger partial charge on any atom is -0.334 e. The lowest BCUT2D eigenvalue weighted by atomic mass is 9.95. The fourth-order valence-corrected chi connectivity index (χ4v) is 3.88. The van der Waals surface area contributed by atoms with Gasteiger partial charge in [-0.1, -0.05) is 11.2 Å². The molecule has 1 aliphatic rings. The van der Waals surface area contributed by atoms with E-state index >= 15 is 0 Å². The zero-order chi connectivity index (χ0) is 26.1. The van der Waals surface area contributed by atoms with Gasteiger partial charge < -0.3 is 9.84 Å². The monoisotopic (exact) mass is 516 g/mol. The summed E-state index contributed by atoms with van der Waals surface area (Å²) in [6.45, 7) is 1.12. The predicted octanol–water partition coefficient (Wildman–Crippen LogP) is 5.76. The maximum absolute atomic E-state index is 13.5. The second kappa shape index (κ2) is 9.88. The number of nitrogens with one attached hydrogen (secondary N) is 1. The Morgan fingerprint density at radius 3 is 2.42 bits per heavy atom. The van der Waals surface area contributed by atoms with Gasteiger partial charge in [0.25, 0.3) is 5.89 Å². The van der Waals surface area contributed by atoms with Gasteiger partial charge in [-0.05, 0) is 62.3 Å². The Kier molecular flexibility index (Phi) is 7.03. The van der Waals surface area contributed by atoms with Crippen molar-refractivity contribution in [3.05, 3.63) is 65.2 Å². The molecule has 0 aliphatic carbocycles. The molecule has 192 valence electrons. The highest BCUT2D eigenvalue weighted by atomic mass is 19.4. The summed E-state index contributed by atoms with van der Waals surface area (Å²) < 4.78 is 96.0. The van der Waals surface area contributed by atoms with Crippen LogP contribution in [0.3, 0.4) is 0 Å². The fourth-order valence-electron chi connectivity index (χ4n) is 3.88. The first-order chi connectivity index (χ1) is 16.9. The first kappa shape index (κ1) is 25.6. The molecule has 2 aromatic carbocycles. The van der Waals surface area contributed by atoms with Crippen molar-refractivity contribution in [1.82, 2.24) is 15.0 Å². The molecule has 36 heavy (non-hydrogen) atoms. The summed E-state index contributed by atoms with van der Waals surface area (Å²) in [6.07, 6.45) is -8.52. The number of amides is 1. The summed E-state index contributed by atoms with van der Waals surface area (Å²) in [7, 11) is 0. The molecule has 1 fully saturated rings. The summed E-state index contributed by atoms with van der Waals surface area (Å²) in [5.41, 5.74) is -2.31. The summed E-state index contributed by atoms with van der Waals surface area (Å²) in [5, 5.41) is 6.29. The van der Waals surface area contributed by atoms with Crippen molar-refractivity contribution in [1.29, 1.82) is 0 Å². The van der Waals surface area contributed by atoms with E-state index in [0.717, 1.165) is 18.2 Å². The number of piperidine rings is 1. The molecule has 1 N–H and O–H groups in total. The predicted molar refractivity (Wildman–Crippen MR) is 113 cm³/mol. The molecule has 13 heteroatoms. The maximum Gasteiger partial charge on any atom is 0.419 e. The Morgan fingerprint density at radius 2 is 1.75 bits per heavy atom. The van der Waals surface area contributed by atoms with Gasteiger partial charge in [-0.3, -0.25) is 9.69 Å². The van der Waals surface area contributed by atoms with E-state index in [0.29, 0.717) is 38.1 Å². The number of likely N-dealkylation sites (tertiary alicyclic amines) is 1. The number of carbonyl (C=O) groups is 1. The maximum atomic E-state index is 13.5. The number of alkyl halides is 6. The highest BCUT2D eigenvalue weighted by Gasteiger charge is 2.35. The third kappa shape index (κ3) is 6.01. The Labute approximate surface area is 200 Å². The minimum absolute atomic E-state index is 0.0612. The molecular formula is C23H19F7N4O2. The average Bonchev–Trinajstić information content (AvgIpc) is 3.27. The van der Waals surface area contributed by atoms with Crippen molar-refractivity contribution in [3.8, 4) is 11.5 Å². The lowest BCUT2D eigenvalue weighted by Crippen LogP contribution is -2.38. The number of carbonyl (C=O) groups excluding carboxylic acids is 1. The van der Waals surface area contributed by atoms with E-state index in [-0.39, 0.29) is 35.4 Å². The number of nitrogens with zero attached hydrogens (tertiary/aromatic N) is 3. The zero-order valence-corrected chi connectivity index (χ0v) is 18.5. The molecule has 0 saturated carbocycles. The second-order valence-electron chi connectivity index (χ2n) is 8.33. The van der Waals surface area contributed by atoms with Crippen molar-refractivity contribution >= 4 is 11.6 Å². The Morgan fingerprint density at radius 1 is 1.03 bits per heavy atom. The van der Waals surface area contributed by atoms with Crippen molar-refractivity contribution < 1.29 is 40.1 Å². The zero-order valence-electron chi connectivity index (χ0n) is 18.5. The van der Waals surface area contributed by atoms with Crippen molar-refractivity contribution in [2.45, 2.75) is 31.7 Å². The van der Waals surface area contributed by atoms with E-state index in [9.17, 15) is 35.5 Å². The van der Waals surface area contributed by atoms with Gasteiger partial charge in [0.1, 0.15) is 5.82 Å². The van der Waals surface area contributed by atoms with E-state index in [4.69, 9.17) is 4.52 Å². The van der Waals surface area contributed by atoms with Gasteiger partial charge >= 0.3 is 12.4 Å². The smallest absolute Gasteiger partial charge is 0.334 e. The SMILES string of the molecule is O=C(Nc1cccc(C(F)(F)F)c1)C1CCN(Cc2noc(-c3ccc(F)c(C(F)(F)F)c3)n2)CC1. The summed E-state index contributed by atoms with van der Waals surface area (Å²) >= 11 is 0. The van der Waals surface area contributed by atoms with Gasteiger partial charge in [0, 0.05) is 17.2 Å². The molecule has 2 heterocycles. The molecular weight excluding hydrogens is 497 g/mol. The van der Waals surface area contributed by atoms with E-state index in [2.05, 4.69) is 15.5 Å². The summed E-state index contributed by atoms with van der Waals surface area (Å²) in [4.78, 5) is 18.5. The number of aromatic nitrogens is 2. The molecule has 1 aromatic heterocycles. The molecule has 0 bridgehead atoms. The minimum atomic E-state index is -4.87. The van der Waals surface area contributed by atoms with Gasteiger partial charge in [-0.25, -0.2) is 4.39 Å². The van der Waals surface area contributed by atoms with E-state index in [1.807, 2.05) is 4.90 Å². The quantitative estimate of drug-likeness (QED) is 0.437. The van der Waals surface area contributed by atoms with Crippen LogP contribution in [0.15, 0.2) is 47.0 Å². The van der Waals surface area contributed by atoms with Crippen LogP contribution in [0.5, 0.6) is 0 Å². The van der Waals surface area contributed by atoms with Gasteiger partial charge in [-0.2, -0.15) is 31.3 Å². The lowest BCUT2D eigenvalue weighted by Gasteiger charge is -2.30. The third-order valence-corrected chi connectivity index (χ3v) is 5.77. The van der Waals surface area contributed by atoms with Crippen LogP contribution >= 0.6 is 0 Å².